The number of allylic oxidation sites excluding steroid dienone is 1. The Bertz CT molecular complexity index is 1130. The van der Waals surface area contributed by atoms with Gasteiger partial charge in [-0.05, 0) is 57.0 Å². The number of carbonyl (C=O) groups is 3. The summed E-state index contributed by atoms with van der Waals surface area (Å²) in [6.07, 6.45) is 1.67. The highest BCUT2D eigenvalue weighted by Gasteiger charge is 2.36. The summed E-state index contributed by atoms with van der Waals surface area (Å²) in [5.74, 6) is -0.488. The fourth-order valence-corrected chi connectivity index (χ4v) is 3.63. The first-order valence-corrected chi connectivity index (χ1v) is 11.1. The molecule has 0 saturated heterocycles. The molecule has 0 atom stereocenters. The second-order valence-corrected chi connectivity index (χ2v) is 8.47. The van der Waals surface area contributed by atoms with E-state index < -0.39 is 5.97 Å². The van der Waals surface area contributed by atoms with Crippen LogP contribution in [-0.4, -0.2) is 42.4 Å². The van der Waals surface area contributed by atoms with E-state index in [2.05, 4.69) is 5.32 Å². The Morgan fingerprint density at radius 1 is 1.03 bits per heavy atom. The Balaban J connectivity index is 1.81. The summed E-state index contributed by atoms with van der Waals surface area (Å²) >= 11 is 0. The molecule has 0 aliphatic carbocycles. The molecule has 1 aliphatic heterocycles. The number of ether oxygens (including phenoxy) is 2. The molecule has 0 unspecified atom stereocenters. The van der Waals surface area contributed by atoms with E-state index in [0.717, 1.165) is 11.1 Å². The molecular weight excluding hydrogens is 432 g/mol. The van der Waals surface area contributed by atoms with Gasteiger partial charge in [0, 0.05) is 11.7 Å². The standard InChI is InChI=1S/C27H30N2O5/c1-17(2)28-24(30)16-34-22-12-10-20(11-13-22)14-23-25(27(32)33-5)19(4)29(26(23)31)15-21-8-6-18(3)7-9-21/h6-14,17H,15-16H2,1-5H3,(H,28,30)/b23-14-. The van der Waals surface area contributed by atoms with E-state index in [1.807, 2.05) is 45.0 Å². The zero-order valence-corrected chi connectivity index (χ0v) is 20.2. The number of aryl methyl sites for hydroxylation is 1. The van der Waals surface area contributed by atoms with Crippen LogP contribution in [0.4, 0.5) is 0 Å². The molecule has 0 spiro atoms. The summed E-state index contributed by atoms with van der Waals surface area (Å²) in [5, 5.41) is 2.76. The zero-order valence-electron chi connectivity index (χ0n) is 20.2. The van der Waals surface area contributed by atoms with Gasteiger partial charge in [0.15, 0.2) is 6.61 Å². The Hall–Kier alpha value is -3.87. The SMILES string of the molecule is COC(=O)C1=C(C)N(Cc2ccc(C)cc2)C(=O)/C1=C\c1ccc(OCC(=O)NC(C)C)cc1. The molecule has 1 heterocycles. The first-order chi connectivity index (χ1) is 16.2. The first kappa shape index (κ1) is 24.8. The second-order valence-electron chi connectivity index (χ2n) is 8.47. The zero-order chi connectivity index (χ0) is 24.8. The van der Waals surface area contributed by atoms with Crippen molar-refractivity contribution in [3.63, 3.8) is 0 Å². The molecule has 1 N–H and O–H groups in total. The molecule has 2 amide bonds. The maximum absolute atomic E-state index is 13.3. The van der Waals surface area contributed by atoms with Crippen molar-refractivity contribution in [1.82, 2.24) is 10.2 Å². The average molecular weight is 463 g/mol. The van der Waals surface area contributed by atoms with Gasteiger partial charge in [-0.3, -0.25) is 9.59 Å². The number of esters is 1. The third-order valence-electron chi connectivity index (χ3n) is 5.37. The van der Waals surface area contributed by atoms with Gasteiger partial charge in [-0.25, -0.2) is 4.79 Å². The van der Waals surface area contributed by atoms with Gasteiger partial charge in [-0.15, -0.1) is 0 Å². The van der Waals surface area contributed by atoms with Crippen molar-refractivity contribution in [3.8, 4) is 5.75 Å². The summed E-state index contributed by atoms with van der Waals surface area (Å²) in [7, 11) is 1.30. The van der Waals surface area contributed by atoms with Crippen molar-refractivity contribution in [2.45, 2.75) is 40.3 Å². The lowest BCUT2D eigenvalue weighted by Crippen LogP contribution is -2.34. The number of carbonyl (C=O) groups excluding carboxylic acids is 3. The number of rotatable bonds is 8. The van der Waals surface area contributed by atoms with Crippen LogP contribution in [0.15, 0.2) is 65.4 Å². The lowest BCUT2D eigenvalue weighted by atomic mass is 10.0. The van der Waals surface area contributed by atoms with Gasteiger partial charge < -0.3 is 19.7 Å². The van der Waals surface area contributed by atoms with Crippen molar-refractivity contribution in [1.29, 1.82) is 0 Å². The lowest BCUT2D eigenvalue weighted by Gasteiger charge is -2.18. The Morgan fingerprint density at radius 3 is 2.26 bits per heavy atom. The molecule has 7 heteroatoms. The van der Waals surface area contributed by atoms with E-state index in [1.54, 1.807) is 42.2 Å². The third-order valence-corrected chi connectivity index (χ3v) is 5.37. The lowest BCUT2D eigenvalue weighted by molar-refractivity contribution is -0.136. The number of nitrogens with one attached hydrogen (secondary N) is 1. The largest absolute Gasteiger partial charge is 0.484 e. The topological polar surface area (TPSA) is 84.9 Å². The maximum Gasteiger partial charge on any atom is 0.340 e. The minimum atomic E-state index is -0.556. The molecule has 0 radical (unpaired) electrons. The Labute approximate surface area is 200 Å². The highest BCUT2D eigenvalue weighted by molar-refractivity contribution is 6.16. The number of hydrogen-bond acceptors (Lipinski definition) is 5. The Morgan fingerprint density at radius 2 is 1.68 bits per heavy atom. The van der Waals surface area contributed by atoms with Crippen molar-refractivity contribution in [2.24, 2.45) is 0 Å². The van der Waals surface area contributed by atoms with Crippen LogP contribution in [0.5, 0.6) is 5.75 Å². The van der Waals surface area contributed by atoms with Gasteiger partial charge in [0.05, 0.1) is 24.8 Å². The van der Waals surface area contributed by atoms with Crippen molar-refractivity contribution >= 4 is 23.9 Å². The summed E-state index contributed by atoms with van der Waals surface area (Å²) in [6.45, 7) is 7.78. The molecule has 7 nitrogen and oxygen atoms in total. The molecule has 0 bridgehead atoms. The summed E-state index contributed by atoms with van der Waals surface area (Å²) < 4.78 is 10.5. The van der Waals surface area contributed by atoms with E-state index in [1.165, 1.54) is 7.11 Å². The van der Waals surface area contributed by atoms with Crippen LogP contribution < -0.4 is 10.1 Å². The predicted octanol–water partition coefficient (Wildman–Crippen LogP) is 3.77. The quantitative estimate of drug-likeness (QED) is 0.477. The molecule has 2 aromatic rings. The van der Waals surface area contributed by atoms with E-state index in [9.17, 15) is 14.4 Å². The van der Waals surface area contributed by atoms with E-state index in [0.29, 0.717) is 23.6 Å². The average Bonchev–Trinajstić information content (AvgIpc) is 3.03. The molecule has 34 heavy (non-hydrogen) atoms. The van der Waals surface area contributed by atoms with Gasteiger partial charge >= 0.3 is 5.97 Å². The van der Waals surface area contributed by atoms with E-state index in [-0.39, 0.29) is 35.6 Å². The van der Waals surface area contributed by atoms with Gasteiger partial charge in [0.1, 0.15) is 5.75 Å². The summed E-state index contributed by atoms with van der Waals surface area (Å²) in [4.78, 5) is 39.2. The third kappa shape index (κ3) is 5.92. The van der Waals surface area contributed by atoms with Crippen molar-refractivity contribution in [2.75, 3.05) is 13.7 Å². The van der Waals surface area contributed by atoms with Crippen LogP contribution in [0.25, 0.3) is 6.08 Å². The van der Waals surface area contributed by atoms with Crippen LogP contribution in [-0.2, 0) is 25.7 Å². The molecule has 3 rings (SSSR count). The highest BCUT2D eigenvalue weighted by Crippen LogP contribution is 2.33. The van der Waals surface area contributed by atoms with Crippen molar-refractivity contribution in [3.05, 3.63) is 82.1 Å². The second kappa shape index (κ2) is 10.8. The molecule has 0 saturated carbocycles. The van der Waals surface area contributed by atoms with Gasteiger partial charge in [-0.1, -0.05) is 42.0 Å². The van der Waals surface area contributed by atoms with E-state index >= 15 is 0 Å². The van der Waals surface area contributed by atoms with Crippen LogP contribution in [0, 0.1) is 6.92 Å². The van der Waals surface area contributed by atoms with E-state index in [4.69, 9.17) is 9.47 Å². The Kier molecular flexibility index (Phi) is 7.89. The molecule has 2 aromatic carbocycles. The van der Waals surface area contributed by atoms with Crippen LogP contribution in [0.2, 0.25) is 0 Å². The number of methoxy groups -OCH3 is 1. The highest BCUT2D eigenvalue weighted by atomic mass is 16.5. The monoisotopic (exact) mass is 462 g/mol. The van der Waals surface area contributed by atoms with Gasteiger partial charge in [-0.2, -0.15) is 0 Å². The minimum Gasteiger partial charge on any atom is -0.484 e. The normalized spacial score (nSPS) is 14.7. The molecule has 0 fully saturated rings. The maximum atomic E-state index is 13.3. The molecule has 178 valence electrons. The summed E-state index contributed by atoms with van der Waals surface area (Å²) in [6, 6.07) is 14.9. The number of nitrogens with zero attached hydrogens (tertiary/aromatic N) is 1. The van der Waals surface area contributed by atoms with Crippen LogP contribution in [0.1, 0.15) is 37.5 Å². The number of hydrogen-bond donors (Lipinski definition) is 1. The smallest absolute Gasteiger partial charge is 0.340 e. The molecular formula is C27H30N2O5. The van der Waals surface area contributed by atoms with Crippen LogP contribution in [0.3, 0.4) is 0 Å². The fourth-order valence-electron chi connectivity index (χ4n) is 3.63. The number of amides is 2. The molecule has 1 aliphatic rings. The fraction of sp³-hybridized carbons (Fsp3) is 0.296. The number of benzene rings is 2. The van der Waals surface area contributed by atoms with Gasteiger partial charge in [0.25, 0.3) is 11.8 Å². The molecule has 0 aromatic heterocycles. The van der Waals surface area contributed by atoms with Gasteiger partial charge in [0.2, 0.25) is 0 Å². The van der Waals surface area contributed by atoms with Crippen molar-refractivity contribution < 1.29 is 23.9 Å². The van der Waals surface area contributed by atoms with Crippen LogP contribution >= 0.6 is 0 Å². The summed E-state index contributed by atoms with van der Waals surface area (Å²) in [5.41, 5.74) is 3.90. The first-order valence-electron chi connectivity index (χ1n) is 11.1. The predicted molar refractivity (Wildman–Crippen MR) is 130 cm³/mol. The minimum absolute atomic E-state index is 0.0418.